The summed E-state index contributed by atoms with van der Waals surface area (Å²) in [6.45, 7) is 0.637. The Morgan fingerprint density at radius 3 is 2.73 bits per heavy atom. The molecular weight excluding hydrogens is 400 g/mol. The molecule has 2 N–H and O–H groups in total. The number of thiophene rings is 1. The number of cyclic esters (lactones) is 1. The molecule has 1 aliphatic heterocycles. The summed E-state index contributed by atoms with van der Waals surface area (Å²) in [5.41, 5.74) is 0.823. The van der Waals surface area contributed by atoms with Crippen molar-refractivity contribution < 1.29 is 19.1 Å². The molecule has 2 aromatic rings. The number of hydrogen-bond acceptors (Lipinski definition) is 5. The molecule has 1 unspecified atom stereocenters. The fourth-order valence-electron chi connectivity index (χ4n) is 3.21. The number of allylic oxidation sites excluding steroid dienone is 2. The Morgan fingerprint density at radius 2 is 1.97 bits per heavy atom. The molecule has 0 spiro atoms. The van der Waals surface area contributed by atoms with E-state index in [0.29, 0.717) is 19.4 Å². The van der Waals surface area contributed by atoms with E-state index in [1.165, 1.54) is 0 Å². The molecule has 6 nitrogen and oxygen atoms in total. The Hall–Kier alpha value is -2.93. The summed E-state index contributed by atoms with van der Waals surface area (Å²) in [6.07, 6.45) is 4.55. The molecule has 7 heteroatoms. The second-order valence-electron chi connectivity index (χ2n) is 7.14. The van der Waals surface area contributed by atoms with Crippen molar-refractivity contribution in [3.63, 3.8) is 0 Å². The summed E-state index contributed by atoms with van der Waals surface area (Å²) in [5.74, 6) is -1.15. The Bertz CT molecular complexity index is 865. The Morgan fingerprint density at radius 1 is 1.13 bits per heavy atom. The summed E-state index contributed by atoms with van der Waals surface area (Å²) in [4.78, 5) is 38.4. The lowest BCUT2D eigenvalue weighted by atomic mass is 9.98. The number of esters is 1. The second kappa shape index (κ2) is 11.3. The molecular formula is C23H26N2O4S. The van der Waals surface area contributed by atoms with Crippen LogP contribution in [0.4, 0.5) is 0 Å². The highest BCUT2D eigenvalue weighted by Gasteiger charge is 2.24. The van der Waals surface area contributed by atoms with Gasteiger partial charge in [-0.1, -0.05) is 48.6 Å². The van der Waals surface area contributed by atoms with Gasteiger partial charge < -0.3 is 15.4 Å². The van der Waals surface area contributed by atoms with Gasteiger partial charge in [-0.15, -0.1) is 11.3 Å². The molecule has 30 heavy (non-hydrogen) atoms. The molecule has 2 heterocycles. The number of benzene rings is 1. The maximum Gasteiger partial charge on any atom is 0.306 e. The van der Waals surface area contributed by atoms with Gasteiger partial charge in [-0.3, -0.25) is 14.4 Å². The number of rotatable bonds is 5. The van der Waals surface area contributed by atoms with Crippen LogP contribution in [0.5, 0.6) is 0 Å². The first-order chi connectivity index (χ1) is 14.6. The monoisotopic (exact) mass is 426 g/mol. The van der Waals surface area contributed by atoms with Crippen LogP contribution in [-0.4, -0.2) is 24.3 Å². The van der Waals surface area contributed by atoms with Gasteiger partial charge in [0.05, 0.1) is 19.0 Å². The normalized spacial score (nSPS) is 20.4. The van der Waals surface area contributed by atoms with Gasteiger partial charge in [0, 0.05) is 17.7 Å². The van der Waals surface area contributed by atoms with Gasteiger partial charge in [-0.25, -0.2) is 0 Å². The first-order valence-corrected chi connectivity index (χ1v) is 11.0. The zero-order valence-corrected chi connectivity index (χ0v) is 17.5. The van der Waals surface area contributed by atoms with Crippen molar-refractivity contribution in [3.05, 3.63) is 70.4 Å². The average molecular weight is 427 g/mol. The third-order valence-corrected chi connectivity index (χ3v) is 5.73. The zero-order chi connectivity index (χ0) is 21.2. The number of ether oxygens (including phenoxy) is 1. The molecule has 1 aromatic heterocycles. The third kappa shape index (κ3) is 6.84. The molecule has 0 saturated heterocycles. The molecule has 0 saturated carbocycles. The minimum Gasteiger partial charge on any atom is -0.456 e. The standard InChI is InChI=1S/C23H26N2O4S/c26-21(24-15-19-11-7-13-30-19)14-18-10-5-2-6-12-22(27)29-20(16-25-23(18)28)17-8-3-1-4-9-17/h1-5,7-9,11,13,18,20H,6,10,12,14-16H2,(H,24,26)(H,25,28)/t18-,20?/m0/s1. The minimum atomic E-state index is -0.556. The van der Waals surface area contributed by atoms with Crippen LogP contribution < -0.4 is 10.6 Å². The van der Waals surface area contributed by atoms with Gasteiger partial charge in [-0.2, -0.15) is 0 Å². The van der Waals surface area contributed by atoms with Crippen LogP contribution in [0.15, 0.2) is 60.0 Å². The van der Waals surface area contributed by atoms with Crippen LogP contribution in [0.25, 0.3) is 0 Å². The van der Waals surface area contributed by atoms with Crippen LogP contribution in [0.2, 0.25) is 0 Å². The SMILES string of the molecule is O=C(C[C@@H]1CC=CCCC(=O)OC(c2ccccc2)CNC1=O)NCc1cccs1. The van der Waals surface area contributed by atoms with Gasteiger partial charge in [0.1, 0.15) is 6.10 Å². The predicted molar refractivity (Wildman–Crippen MR) is 116 cm³/mol. The Labute approximate surface area is 180 Å². The quantitative estimate of drug-likeness (QED) is 0.566. The molecule has 158 valence electrons. The van der Waals surface area contributed by atoms with Crippen LogP contribution in [0.3, 0.4) is 0 Å². The molecule has 3 rings (SSSR count). The Kier molecular flexibility index (Phi) is 8.20. The van der Waals surface area contributed by atoms with E-state index in [-0.39, 0.29) is 37.2 Å². The number of nitrogens with one attached hydrogen (secondary N) is 2. The van der Waals surface area contributed by atoms with Crippen LogP contribution >= 0.6 is 11.3 Å². The summed E-state index contributed by atoms with van der Waals surface area (Å²) in [7, 11) is 0. The summed E-state index contributed by atoms with van der Waals surface area (Å²) in [6, 6.07) is 13.2. The molecule has 0 radical (unpaired) electrons. The largest absolute Gasteiger partial charge is 0.456 e. The van der Waals surface area contributed by atoms with Crippen molar-refractivity contribution in [2.24, 2.45) is 5.92 Å². The lowest BCUT2D eigenvalue weighted by Gasteiger charge is -2.21. The van der Waals surface area contributed by atoms with Gasteiger partial charge in [0.25, 0.3) is 0 Å². The maximum absolute atomic E-state index is 12.8. The number of carbonyl (C=O) groups excluding carboxylic acids is 3. The number of hydrogen-bond donors (Lipinski definition) is 2. The van der Waals surface area contributed by atoms with E-state index in [0.717, 1.165) is 10.4 Å². The number of amides is 2. The fraction of sp³-hybridized carbons (Fsp3) is 0.348. The van der Waals surface area contributed by atoms with Crippen molar-refractivity contribution in [2.45, 2.75) is 38.3 Å². The van der Waals surface area contributed by atoms with Crippen LogP contribution in [0, 0.1) is 5.92 Å². The highest BCUT2D eigenvalue weighted by atomic mass is 32.1. The van der Waals surface area contributed by atoms with E-state index >= 15 is 0 Å². The van der Waals surface area contributed by atoms with Crippen LogP contribution in [-0.2, 0) is 25.7 Å². The van der Waals surface area contributed by atoms with E-state index < -0.39 is 12.0 Å². The van der Waals surface area contributed by atoms with Crippen molar-refractivity contribution in [3.8, 4) is 0 Å². The highest BCUT2D eigenvalue weighted by molar-refractivity contribution is 7.09. The van der Waals surface area contributed by atoms with E-state index in [1.54, 1.807) is 11.3 Å². The topological polar surface area (TPSA) is 84.5 Å². The van der Waals surface area contributed by atoms with Crippen molar-refractivity contribution in [1.82, 2.24) is 10.6 Å². The van der Waals surface area contributed by atoms with Gasteiger partial charge in [0.2, 0.25) is 11.8 Å². The molecule has 2 amide bonds. The van der Waals surface area contributed by atoms with Crippen molar-refractivity contribution in [2.75, 3.05) is 6.54 Å². The first kappa shape index (κ1) is 21.8. The van der Waals surface area contributed by atoms with Gasteiger partial charge in [0.15, 0.2) is 0 Å². The predicted octanol–water partition coefficient (Wildman–Crippen LogP) is 3.51. The molecule has 1 aliphatic rings. The van der Waals surface area contributed by atoms with Crippen molar-refractivity contribution in [1.29, 1.82) is 0 Å². The number of carbonyl (C=O) groups is 3. The van der Waals surface area contributed by atoms with Crippen LogP contribution in [0.1, 0.15) is 42.2 Å². The molecule has 0 aliphatic carbocycles. The van der Waals surface area contributed by atoms with Gasteiger partial charge in [-0.05, 0) is 29.9 Å². The third-order valence-electron chi connectivity index (χ3n) is 4.85. The highest BCUT2D eigenvalue weighted by Crippen LogP contribution is 2.19. The second-order valence-corrected chi connectivity index (χ2v) is 8.17. The minimum absolute atomic E-state index is 0.108. The summed E-state index contributed by atoms with van der Waals surface area (Å²) < 4.78 is 5.59. The fourth-order valence-corrected chi connectivity index (χ4v) is 3.85. The van der Waals surface area contributed by atoms with Crippen molar-refractivity contribution >= 4 is 29.1 Å². The van der Waals surface area contributed by atoms with E-state index in [9.17, 15) is 14.4 Å². The Balaban J connectivity index is 1.64. The lowest BCUT2D eigenvalue weighted by Crippen LogP contribution is -2.37. The van der Waals surface area contributed by atoms with E-state index in [2.05, 4.69) is 10.6 Å². The lowest BCUT2D eigenvalue weighted by molar-refractivity contribution is -0.150. The molecule has 0 fully saturated rings. The van der Waals surface area contributed by atoms with E-state index in [1.807, 2.05) is 60.0 Å². The molecule has 2 atom stereocenters. The summed E-state index contributed by atoms with van der Waals surface area (Å²) >= 11 is 1.58. The van der Waals surface area contributed by atoms with Gasteiger partial charge >= 0.3 is 5.97 Å². The summed E-state index contributed by atoms with van der Waals surface area (Å²) in [5, 5.41) is 7.71. The van der Waals surface area contributed by atoms with E-state index in [4.69, 9.17) is 4.74 Å². The smallest absolute Gasteiger partial charge is 0.306 e. The maximum atomic E-state index is 12.8. The molecule has 1 aromatic carbocycles. The zero-order valence-electron chi connectivity index (χ0n) is 16.7. The first-order valence-electron chi connectivity index (χ1n) is 10.1. The average Bonchev–Trinajstić information content (AvgIpc) is 3.27. The molecule has 0 bridgehead atoms.